The minimum Gasteiger partial charge on any atom is -0.467 e. The summed E-state index contributed by atoms with van der Waals surface area (Å²) in [4.78, 5) is 43.4. The molecule has 0 spiro atoms. The van der Waals surface area contributed by atoms with E-state index in [0.717, 1.165) is 26.7 Å². The van der Waals surface area contributed by atoms with E-state index in [1.807, 2.05) is 38.3 Å². The van der Waals surface area contributed by atoms with Crippen LogP contribution in [-0.2, 0) is 56.3 Å². The third kappa shape index (κ3) is 21.1. The SMILES string of the molecule is C.CC.CC.COc1nc(NC(=O)NOS(=O)c2ccccc2OS(C)(=O)=O)nc(C(F)(F)Cl)n1.COc1nc(NC(=O)NOS(=O)c2ccccc2OS(C)(=O)=O)nc(C(F)F)n1. The molecule has 2 heterocycles. The summed E-state index contributed by atoms with van der Waals surface area (Å²) in [6.07, 6.45) is -1.48. The Morgan fingerprint density at radius 1 is 0.672 bits per heavy atom. The summed E-state index contributed by atoms with van der Waals surface area (Å²) in [6.45, 7) is 8.00. The van der Waals surface area contributed by atoms with Gasteiger partial charge in [-0.15, -0.1) is 0 Å². The van der Waals surface area contributed by atoms with E-state index < -0.39 is 102 Å². The average molecular weight is 1020 g/mol. The quantitative estimate of drug-likeness (QED) is 0.0502. The lowest BCUT2D eigenvalue weighted by Gasteiger charge is -2.11. The maximum atomic E-state index is 13.2. The van der Waals surface area contributed by atoms with Crippen LogP contribution >= 0.6 is 11.6 Å². The monoisotopic (exact) mass is 1020 g/mol. The Kier molecular flexibility index (Phi) is 25.1. The Labute approximate surface area is 374 Å². The van der Waals surface area contributed by atoms with Gasteiger partial charge in [-0.25, -0.2) is 37.7 Å². The zero-order chi connectivity index (χ0) is 48.1. The molecule has 0 saturated heterocycles. The van der Waals surface area contributed by atoms with Crippen molar-refractivity contribution in [2.45, 2.75) is 56.7 Å². The van der Waals surface area contributed by atoms with Gasteiger partial charge in [-0.2, -0.15) is 64.1 Å². The number of hydroxylamine groups is 2. The van der Waals surface area contributed by atoms with E-state index in [9.17, 15) is 52.4 Å². The number of anilines is 2. The number of para-hydroxylation sites is 2. The summed E-state index contributed by atoms with van der Waals surface area (Å²) >= 11 is 0.0394. The molecule has 2 aromatic carbocycles. The van der Waals surface area contributed by atoms with E-state index in [1.54, 1.807) is 11.0 Å². The van der Waals surface area contributed by atoms with Crippen LogP contribution in [0.25, 0.3) is 0 Å². The molecular weight excluding hydrogens is 976 g/mol. The first-order valence-corrected chi connectivity index (χ1v) is 22.9. The first-order chi connectivity index (χ1) is 29.5. The van der Waals surface area contributed by atoms with Crippen molar-refractivity contribution in [3.63, 3.8) is 0 Å². The highest BCUT2D eigenvalue weighted by Crippen LogP contribution is 2.31. The minimum atomic E-state index is -3.97. The van der Waals surface area contributed by atoms with Crippen LogP contribution in [-0.4, -0.2) is 94.0 Å². The number of benzene rings is 2. The van der Waals surface area contributed by atoms with Gasteiger partial charge in [-0.05, 0) is 35.9 Å². The van der Waals surface area contributed by atoms with Gasteiger partial charge < -0.3 is 17.8 Å². The standard InChI is InChI=1S/C13H12ClF2N5O7S2.C13H13F2N5O7S2.2C2H6.CH4/c1-26-12-18-9(13(14,15)16)17-10(20-12)19-11(22)21-28-29(23)8-6-4-3-5-7(8)27-30(2,24)25;1-25-13-17-10(9(14)15)16-11(19-13)18-12(21)20-27-28(22)8-6-4-3-5-7(8)26-29(2,23)24;2*1-2;/h3-6H,1-2H3,(H2,17,18,19,20,21,22);3-6,9H,1-2H3,(H2,16,17,18,19,20,21);2*1-2H3;1H4. The molecule has 0 aliphatic rings. The Hall–Kier alpha value is -5.67. The van der Waals surface area contributed by atoms with E-state index in [0.29, 0.717) is 0 Å². The highest BCUT2D eigenvalue weighted by molar-refractivity contribution is 7.86. The number of carbonyl (C=O) groups excluding carboxylic acids is 2. The van der Waals surface area contributed by atoms with Crippen LogP contribution in [0.4, 0.5) is 39.0 Å². The Morgan fingerprint density at radius 3 is 1.41 bits per heavy atom. The number of halogens is 5. The van der Waals surface area contributed by atoms with Crippen molar-refractivity contribution in [2.75, 3.05) is 37.4 Å². The fourth-order valence-corrected chi connectivity index (χ4v) is 5.92. The number of ether oxygens (including phenoxy) is 2. The molecule has 2 aromatic heterocycles. The molecule has 4 N–H and O–H groups in total. The molecule has 24 nitrogen and oxygen atoms in total. The predicted octanol–water partition coefficient (Wildman–Crippen LogP) is 4.90. The normalized spacial score (nSPS) is 11.7. The summed E-state index contributed by atoms with van der Waals surface area (Å²) in [6, 6.07) is 7.15. The number of nitrogens with one attached hydrogen (secondary N) is 4. The Balaban J connectivity index is 0.00000113. The smallest absolute Gasteiger partial charge is 0.382 e. The molecule has 0 radical (unpaired) electrons. The van der Waals surface area contributed by atoms with Crippen molar-refractivity contribution in [3.8, 4) is 23.5 Å². The summed E-state index contributed by atoms with van der Waals surface area (Å²) in [5.41, 5.74) is 3.42. The van der Waals surface area contributed by atoms with Gasteiger partial charge in [0, 0.05) is 0 Å². The number of amides is 4. The van der Waals surface area contributed by atoms with Crippen LogP contribution in [0, 0.1) is 0 Å². The number of hydrogen-bond donors (Lipinski definition) is 4. The van der Waals surface area contributed by atoms with E-state index in [-0.39, 0.29) is 28.7 Å². The van der Waals surface area contributed by atoms with Gasteiger partial charge in [0.15, 0.2) is 11.5 Å². The van der Waals surface area contributed by atoms with Crippen molar-refractivity contribution in [1.82, 2.24) is 40.9 Å². The second-order valence-corrected chi connectivity index (χ2v) is 15.8. The van der Waals surface area contributed by atoms with Gasteiger partial charge in [-0.1, -0.05) is 59.4 Å². The fraction of sp³-hybridized carbons (Fsp3) is 0.355. The molecule has 4 amide bonds. The van der Waals surface area contributed by atoms with Gasteiger partial charge in [0.1, 0.15) is 9.79 Å². The third-order valence-electron chi connectivity index (χ3n) is 5.47. The molecule has 0 saturated carbocycles. The van der Waals surface area contributed by atoms with Crippen LogP contribution in [0.5, 0.6) is 23.5 Å². The molecular formula is C31H41ClF4N10O14S4. The molecule has 4 aromatic rings. The van der Waals surface area contributed by atoms with Crippen LogP contribution in [0.1, 0.15) is 53.2 Å². The maximum absolute atomic E-state index is 13.2. The van der Waals surface area contributed by atoms with Crippen molar-refractivity contribution in [3.05, 3.63) is 60.2 Å². The molecule has 2 atom stereocenters. The van der Waals surface area contributed by atoms with Gasteiger partial charge in [0.05, 0.1) is 26.7 Å². The van der Waals surface area contributed by atoms with Crippen molar-refractivity contribution < 1.29 is 78.8 Å². The summed E-state index contributed by atoms with van der Waals surface area (Å²) in [7, 11) is -5.63. The number of carbonyl (C=O) groups is 2. The summed E-state index contributed by atoms with van der Waals surface area (Å²) < 4.78 is 149. The molecule has 0 fully saturated rings. The Bertz CT molecular complexity index is 2430. The number of nitrogens with zero attached hydrogens (tertiary/aromatic N) is 6. The van der Waals surface area contributed by atoms with Gasteiger partial charge in [0.25, 0.3) is 6.43 Å². The first kappa shape index (κ1) is 58.3. The van der Waals surface area contributed by atoms with E-state index >= 15 is 0 Å². The molecule has 33 heteroatoms. The molecule has 2 unspecified atom stereocenters. The maximum Gasteiger partial charge on any atom is 0.382 e. The van der Waals surface area contributed by atoms with Gasteiger partial charge in [0.2, 0.25) is 45.7 Å². The first-order valence-electron chi connectivity index (χ1n) is 16.7. The third-order valence-corrected chi connectivity index (χ3v) is 8.47. The topological polar surface area (TPSA) is 317 Å². The van der Waals surface area contributed by atoms with Gasteiger partial charge in [-0.3, -0.25) is 10.6 Å². The number of rotatable bonds is 16. The molecule has 4 rings (SSSR count). The number of hydrogen-bond acceptors (Lipinski definition) is 20. The van der Waals surface area contributed by atoms with Crippen LogP contribution in [0.2, 0.25) is 0 Å². The lowest BCUT2D eigenvalue weighted by molar-refractivity contribution is 0.0832. The number of alkyl halides is 5. The lowest BCUT2D eigenvalue weighted by Crippen LogP contribution is -2.31. The number of urea groups is 2. The second kappa shape index (κ2) is 27.5. The Morgan fingerprint density at radius 2 is 1.05 bits per heavy atom. The van der Waals surface area contributed by atoms with E-state index in [1.165, 1.54) is 48.5 Å². The summed E-state index contributed by atoms with van der Waals surface area (Å²) in [5.74, 6) is -3.97. The number of methoxy groups -OCH3 is 2. The van der Waals surface area contributed by atoms with E-state index in [2.05, 4.69) is 56.3 Å². The highest BCUT2D eigenvalue weighted by Gasteiger charge is 2.34. The largest absolute Gasteiger partial charge is 0.467 e. The predicted molar refractivity (Wildman–Crippen MR) is 220 cm³/mol. The zero-order valence-electron chi connectivity index (χ0n) is 33.6. The molecule has 0 bridgehead atoms. The van der Waals surface area contributed by atoms with Crippen molar-refractivity contribution in [2.24, 2.45) is 0 Å². The fourth-order valence-electron chi connectivity index (χ4n) is 3.38. The van der Waals surface area contributed by atoms with Crippen LogP contribution < -0.4 is 39.4 Å². The molecule has 358 valence electrons. The van der Waals surface area contributed by atoms with Crippen molar-refractivity contribution >= 4 is 78.0 Å². The minimum absolute atomic E-state index is 0. The second-order valence-electron chi connectivity index (χ2n) is 9.99. The highest BCUT2D eigenvalue weighted by atomic mass is 35.5. The lowest BCUT2D eigenvalue weighted by atomic mass is 10.3. The number of aromatic nitrogens is 6. The molecule has 0 aliphatic heterocycles. The summed E-state index contributed by atoms with van der Waals surface area (Å²) in [5, 5.41) is -0.0904. The van der Waals surface area contributed by atoms with Crippen LogP contribution in [0.3, 0.4) is 0 Å². The van der Waals surface area contributed by atoms with E-state index in [4.69, 9.17) is 11.6 Å². The van der Waals surface area contributed by atoms with Crippen LogP contribution in [0.15, 0.2) is 58.3 Å². The molecule has 64 heavy (non-hydrogen) atoms. The van der Waals surface area contributed by atoms with Gasteiger partial charge >= 0.3 is 49.7 Å². The molecule has 0 aliphatic carbocycles. The average Bonchev–Trinajstić information content (AvgIpc) is 3.22. The van der Waals surface area contributed by atoms with Crippen molar-refractivity contribution in [1.29, 1.82) is 0 Å². The zero-order valence-corrected chi connectivity index (χ0v) is 37.6.